The van der Waals surface area contributed by atoms with Gasteiger partial charge in [-0.25, -0.2) is 0 Å². The van der Waals surface area contributed by atoms with Crippen molar-refractivity contribution < 1.29 is 4.79 Å². The standard InChI is InChI=1S/C17H19N3O/c1-2-20(16-6-9-18-10-7-16)17(21)14-4-3-13-5-8-19-12-15(13)11-14/h3-4,6-7,9-11,19H,2,5,8,12H2,1H3. The Morgan fingerprint density at radius 1 is 1.24 bits per heavy atom. The van der Waals surface area contributed by atoms with Gasteiger partial charge in [-0.05, 0) is 55.3 Å². The maximum Gasteiger partial charge on any atom is 0.258 e. The fraction of sp³-hybridized carbons (Fsp3) is 0.294. The van der Waals surface area contributed by atoms with Crippen LogP contribution in [0.15, 0.2) is 42.7 Å². The van der Waals surface area contributed by atoms with Crippen molar-refractivity contribution in [2.75, 3.05) is 18.0 Å². The smallest absolute Gasteiger partial charge is 0.258 e. The number of carbonyl (C=O) groups is 1. The lowest BCUT2D eigenvalue weighted by molar-refractivity contribution is 0.0988. The molecule has 4 heteroatoms. The molecule has 4 nitrogen and oxygen atoms in total. The molecule has 0 unspecified atom stereocenters. The summed E-state index contributed by atoms with van der Waals surface area (Å²) in [5, 5.41) is 3.35. The first-order valence-corrected chi connectivity index (χ1v) is 7.34. The van der Waals surface area contributed by atoms with Gasteiger partial charge in [0.25, 0.3) is 5.91 Å². The summed E-state index contributed by atoms with van der Waals surface area (Å²) in [6.07, 6.45) is 4.45. The number of hydrogen-bond donors (Lipinski definition) is 1. The molecule has 0 aliphatic carbocycles. The third-order valence-electron chi connectivity index (χ3n) is 3.88. The van der Waals surface area contributed by atoms with E-state index in [1.807, 2.05) is 31.2 Å². The SMILES string of the molecule is CCN(C(=O)c1ccc2c(c1)CNCC2)c1ccncc1. The van der Waals surface area contributed by atoms with Gasteiger partial charge in [0.15, 0.2) is 0 Å². The molecule has 2 heterocycles. The van der Waals surface area contributed by atoms with E-state index in [2.05, 4.69) is 16.4 Å². The van der Waals surface area contributed by atoms with Gasteiger partial charge in [-0.3, -0.25) is 9.78 Å². The van der Waals surface area contributed by atoms with Crippen molar-refractivity contribution in [1.29, 1.82) is 0 Å². The number of nitrogens with one attached hydrogen (secondary N) is 1. The van der Waals surface area contributed by atoms with Crippen LogP contribution >= 0.6 is 0 Å². The number of fused-ring (bicyclic) bond motifs is 1. The molecule has 1 aromatic heterocycles. The van der Waals surface area contributed by atoms with E-state index in [1.165, 1.54) is 11.1 Å². The molecular weight excluding hydrogens is 262 g/mol. The zero-order valence-corrected chi connectivity index (χ0v) is 12.2. The van der Waals surface area contributed by atoms with Crippen LogP contribution in [0, 0.1) is 0 Å². The van der Waals surface area contributed by atoms with Crippen molar-refractivity contribution >= 4 is 11.6 Å². The summed E-state index contributed by atoms with van der Waals surface area (Å²) in [5.74, 6) is 0.0390. The highest BCUT2D eigenvalue weighted by atomic mass is 16.2. The van der Waals surface area contributed by atoms with Crippen molar-refractivity contribution in [3.8, 4) is 0 Å². The molecule has 1 aliphatic heterocycles. The summed E-state index contributed by atoms with van der Waals surface area (Å²) in [6, 6.07) is 9.77. The van der Waals surface area contributed by atoms with Gasteiger partial charge < -0.3 is 10.2 Å². The van der Waals surface area contributed by atoms with Crippen LogP contribution in [0.4, 0.5) is 5.69 Å². The maximum absolute atomic E-state index is 12.7. The lowest BCUT2D eigenvalue weighted by atomic mass is 9.98. The Hall–Kier alpha value is -2.20. The first-order chi connectivity index (χ1) is 10.3. The van der Waals surface area contributed by atoms with E-state index in [0.717, 1.165) is 30.8 Å². The van der Waals surface area contributed by atoms with Crippen molar-refractivity contribution in [2.24, 2.45) is 0 Å². The predicted molar refractivity (Wildman–Crippen MR) is 83.4 cm³/mol. The number of rotatable bonds is 3. The van der Waals surface area contributed by atoms with Crippen molar-refractivity contribution in [2.45, 2.75) is 19.9 Å². The van der Waals surface area contributed by atoms with Crippen molar-refractivity contribution in [1.82, 2.24) is 10.3 Å². The molecule has 0 saturated carbocycles. The number of aromatic nitrogens is 1. The molecule has 1 N–H and O–H groups in total. The summed E-state index contributed by atoms with van der Waals surface area (Å²) in [5.41, 5.74) is 4.21. The van der Waals surface area contributed by atoms with Crippen LogP contribution in [0.2, 0.25) is 0 Å². The Labute approximate surface area is 124 Å². The molecule has 1 aliphatic rings. The van der Waals surface area contributed by atoms with E-state index in [1.54, 1.807) is 17.3 Å². The van der Waals surface area contributed by atoms with Gasteiger partial charge in [-0.1, -0.05) is 6.07 Å². The molecule has 0 atom stereocenters. The average Bonchev–Trinajstić information content (AvgIpc) is 2.56. The summed E-state index contributed by atoms with van der Waals surface area (Å²) in [4.78, 5) is 18.5. The molecule has 2 aromatic rings. The fourth-order valence-corrected chi connectivity index (χ4v) is 2.74. The molecule has 1 aromatic carbocycles. The minimum absolute atomic E-state index is 0.0390. The van der Waals surface area contributed by atoms with Crippen LogP contribution in [0.3, 0.4) is 0 Å². The average molecular weight is 281 g/mol. The second kappa shape index (κ2) is 6.06. The fourth-order valence-electron chi connectivity index (χ4n) is 2.74. The van der Waals surface area contributed by atoms with Gasteiger partial charge in [-0.15, -0.1) is 0 Å². The molecule has 3 rings (SSSR count). The van der Waals surface area contributed by atoms with Crippen LogP contribution in [0.25, 0.3) is 0 Å². The van der Waals surface area contributed by atoms with Crippen LogP contribution in [-0.2, 0) is 13.0 Å². The van der Waals surface area contributed by atoms with Crippen LogP contribution in [0.1, 0.15) is 28.4 Å². The molecule has 0 bridgehead atoms. The molecule has 108 valence electrons. The zero-order chi connectivity index (χ0) is 14.7. The minimum Gasteiger partial charge on any atom is -0.312 e. The summed E-state index contributed by atoms with van der Waals surface area (Å²) < 4.78 is 0. The Bertz CT molecular complexity index is 640. The first kappa shape index (κ1) is 13.8. The topological polar surface area (TPSA) is 45.2 Å². The second-order valence-electron chi connectivity index (χ2n) is 5.17. The number of pyridine rings is 1. The zero-order valence-electron chi connectivity index (χ0n) is 12.2. The Balaban J connectivity index is 1.90. The van der Waals surface area contributed by atoms with Gasteiger partial charge in [0, 0.05) is 36.7 Å². The lowest BCUT2D eigenvalue weighted by Gasteiger charge is -2.23. The lowest BCUT2D eigenvalue weighted by Crippen LogP contribution is -2.31. The number of anilines is 1. The normalized spacial score (nSPS) is 13.6. The van der Waals surface area contributed by atoms with Crippen molar-refractivity contribution in [3.05, 3.63) is 59.4 Å². The molecular formula is C17H19N3O. The molecule has 0 spiro atoms. The van der Waals surface area contributed by atoms with E-state index in [4.69, 9.17) is 0 Å². The summed E-state index contributed by atoms with van der Waals surface area (Å²) >= 11 is 0. The van der Waals surface area contributed by atoms with E-state index >= 15 is 0 Å². The highest BCUT2D eigenvalue weighted by Gasteiger charge is 2.18. The predicted octanol–water partition coefficient (Wildman–Crippen LogP) is 2.39. The molecule has 0 saturated heterocycles. The third kappa shape index (κ3) is 2.81. The van der Waals surface area contributed by atoms with Crippen LogP contribution in [0.5, 0.6) is 0 Å². The third-order valence-corrected chi connectivity index (χ3v) is 3.88. The van der Waals surface area contributed by atoms with Gasteiger partial charge in [0.2, 0.25) is 0 Å². The van der Waals surface area contributed by atoms with Gasteiger partial charge in [0.05, 0.1) is 0 Å². The van der Waals surface area contributed by atoms with Gasteiger partial charge in [0.1, 0.15) is 0 Å². The summed E-state index contributed by atoms with van der Waals surface area (Å²) in [6.45, 7) is 4.48. The van der Waals surface area contributed by atoms with Gasteiger partial charge in [-0.2, -0.15) is 0 Å². The number of amides is 1. The van der Waals surface area contributed by atoms with Crippen LogP contribution in [-0.4, -0.2) is 24.0 Å². The second-order valence-corrected chi connectivity index (χ2v) is 5.17. The Morgan fingerprint density at radius 3 is 2.81 bits per heavy atom. The van der Waals surface area contributed by atoms with E-state index in [9.17, 15) is 4.79 Å². The number of nitrogens with zero attached hydrogens (tertiary/aromatic N) is 2. The van der Waals surface area contributed by atoms with Crippen LogP contribution < -0.4 is 10.2 Å². The Morgan fingerprint density at radius 2 is 2.05 bits per heavy atom. The van der Waals surface area contributed by atoms with E-state index < -0.39 is 0 Å². The first-order valence-electron chi connectivity index (χ1n) is 7.34. The van der Waals surface area contributed by atoms with E-state index in [0.29, 0.717) is 6.54 Å². The number of benzene rings is 1. The molecule has 0 fully saturated rings. The molecule has 21 heavy (non-hydrogen) atoms. The molecule has 1 amide bonds. The maximum atomic E-state index is 12.7. The largest absolute Gasteiger partial charge is 0.312 e. The quantitative estimate of drug-likeness (QED) is 0.939. The highest BCUT2D eigenvalue weighted by molar-refractivity contribution is 6.06. The van der Waals surface area contributed by atoms with Crippen molar-refractivity contribution in [3.63, 3.8) is 0 Å². The monoisotopic (exact) mass is 281 g/mol. The highest BCUT2D eigenvalue weighted by Crippen LogP contribution is 2.20. The minimum atomic E-state index is 0.0390. The van der Waals surface area contributed by atoms with Gasteiger partial charge >= 0.3 is 0 Å². The van der Waals surface area contributed by atoms with E-state index in [-0.39, 0.29) is 5.91 Å². The molecule has 0 radical (unpaired) electrons. The Kier molecular flexibility index (Phi) is 3.97. The number of carbonyl (C=O) groups excluding carboxylic acids is 1. The number of hydrogen-bond acceptors (Lipinski definition) is 3. The summed E-state index contributed by atoms with van der Waals surface area (Å²) in [7, 11) is 0.